The third-order valence-electron chi connectivity index (χ3n) is 5.32. The van der Waals surface area contributed by atoms with Crippen molar-refractivity contribution in [2.24, 2.45) is 10.2 Å². The van der Waals surface area contributed by atoms with Crippen LogP contribution in [0.25, 0.3) is 11.6 Å². The molecular formula is C27H34N6O3S2. The summed E-state index contributed by atoms with van der Waals surface area (Å²) >= 11 is 10.3. The molecule has 0 atom stereocenters. The number of hydrazone groups is 2. The summed E-state index contributed by atoms with van der Waals surface area (Å²) < 4.78 is 17.7. The molecule has 2 aromatic rings. The topological polar surface area (TPSA) is 83.0 Å². The Kier molecular flexibility index (Phi) is 10.4. The average Bonchev–Trinajstić information content (AvgIpc) is 2.91. The number of hydrogen-bond acceptors (Lipinski definition) is 7. The maximum Gasteiger partial charge on any atom is 0.189 e. The van der Waals surface area contributed by atoms with E-state index in [0.29, 0.717) is 35.8 Å². The SMILES string of the molecule is C/C(COc1ccc(C2=Cc3ccc(OC/C(C)=N/NC(=S)N(C)C)cc3OC2)cc1)=N\NC(=S)N(C)C. The predicted octanol–water partition coefficient (Wildman–Crippen LogP) is 4.00. The molecule has 1 aliphatic heterocycles. The maximum absolute atomic E-state index is 6.03. The zero-order valence-electron chi connectivity index (χ0n) is 22.6. The van der Waals surface area contributed by atoms with Crippen LogP contribution in [0.5, 0.6) is 17.2 Å². The largest absolute Gasteiger partial charge is 0.488 e. The van der Waals surface area contributed by atoms with E-state index in [4.69, 9.17) is 38.6 Å². The quantitative estimate of drug-likeness (QED) is 0.272. The van der Waals surface area contributed by atoms with Gasteiger partial charge in [-0.2, -0.15) is 10.2 Å². The van der Waals surface area contributed by atoms with Crippen molar-refractivity contribution in [2.45, 2.75) is 13.8 Å². The molecule has 2 aromatic carbocycles. The van der Waals surface area contributed by atoms with E-state index in [1.54, 1.807) is 9.80 Å². The lowest BCUT2D eigenvalue weighted by Crippen LogP contribution is -2.31. The molecule has 0 saturated carbocycles. The van der Waals surface area contributed by atoms with Crippen LogP contribution in [-0.2, 0) is 0 Å². The van der Waals surface area contributed by atoms with E-state index >= 15 is 0 Å². The number of ether oxygens (including phenoxy) is 3. The highest BCUT2D eigenvalue weighted by atomic mass is 32.1. The zero-order chi connectivity index (χ0) is 27.7. The fourth-order valence-corrected chi connectivity index (χ4v) is 3.18. The Bertz CT molecular complexity index is 1240. The molecule has 0 saturated heterocycles. The number of nitrogens with zero attached hydrogens (tertiary/aromatic N) is 4. The van der Waals surface area contributed by atoms with Gasteiger partial charge in [-0.25, -0.2) is 0 Å². The molecule has 38 heavy (non-hydrogen) atoms. The van der Waals surface area contributed by atoms with Crippen LogP contribution in [0.1, 0.15) is 25.0 Å². The molecule has 0 aromatic heterocycles. The van der Waals surface area contributed by atoms with Crippen LogP contribution in [0.4, 0.5) is 0 Å². The second kappa shape index (κ2) is 13.7. The lowest BCUT2D eigenvalue weighted by Gasteiger charge is -2.19. The summed E-state index contributed by atoms with van der Waals surface area (Å²) in [4.78, 5) is 3.55. The Balaban J connectivity index is 1.55. The number of fused-ring (bicyclic) bond motifs is 1. The molecule has 202 valence electrons. The normalized spacial score (nSPS) is 12.9. The number of nitrogens with one attached hydrogen (secondary N) is 2. The second-order valence-electron chi connectivity index (χ2n) is 9.08. The lowest BCUT2D eigenvalue weighted by atomic mass is 10.0. The Labute approximate surface area is 235 Å². The van der Waals surface area contributed by atoms with Crippen LogP contribution >= 0.6 is 24.4 Å². The minimum Gasteiger partial charge on any atom is -0.488 e. The summed E-state index contributed by atoms with van der Waals surface area (Å²) in [6, 6.07) is 13.7. The van der Waals surface area contributed by atoms with Gasteiger partial charge in [-0.05, 0) is 79.8 Å². The number of thiocarbonyl (C=S) groups is 2. The summed E-state index contributed by atoms with van der Waals surface area (Å²) in [5.41, 5.74) is 10.4. The van der Waals surface area contributed by atoms with E-state index in [9.17, 15) is 0 Å². The molecule has 11 heteroatoms. The van der Waals surface area contributed by atoms with Gasteiger partial charge in [0.15, 0.2) is 10.2 Å². The molecule has 0 fully saturated rings. The van der Waals surface area contributed by atoms with E-state index in [2.05, 4.69) is 27.1 Å². The molecule has 9 nitrogen and oxygen atoms in total. The monoisotopic (exact) mass is 554 g/mol. The van der Waals surface area contributed by atoms with Gasteiger partial charge in [0.2, 0.25) is 0 Å². The first-order chi connectivity index (χ1) is 18.1. The highest BCUT2D eigenvalue weighted by molar-refractivity contribution is 7.80. The summed E-state index contributed by atoms with van der Waals surface area (Å²) in [5, 5.41) is 9.54. The van der Waals surface area contributed by atoms with Crippen molar-refractivity contribution in [1.82, 2.24) is 20.7 Å². The summed E-state index contributed by atoms with van der Waals surface area (Å²) in [6.45, 7) is 4.91. The van der Waals surface area contributed by atoms with E-state index in [-0.39, 0.29) is 0 Å². The Morgan fingerprint density at radius 1 is 0.842 bits per heavy atom. The first kappa shape index (κ1) is 28.9. The van der Waals surface area contributed by atoms with E-state index < -0.39 is 0 Å². The fraction of sp³-hybridized carbons (Fsp3) is 0.333. The minimum atomic E-state index is 0.336. The molecule has 0 amide bonds. The molecular weight excluding hydrogens is 520 g/mol. The third kappa shape index (κ3) is 8.70. The summed E-state index contributed by atoms with van der Waals surface area (Å²) in [7, 11) is 7.43. The standard InChI is InChI=1S/C27H34N6O3S2/c1-18(28-30-26(37)32(3)4)15-34-23-10-7-20(8-11-23)22-13-21-9-12-24(14-25(21)36-17-22)35-16-19(2)29-31-27(38)33(5)6/h7-14H,15-17H2,1-6H3,(H,30,37)(H,31,38)/b28-18+,29-19+. The molecule has 0 bridgehead atoms. The van der Waals surface area contributed by atoms with Gasteiger partial charge in [-0.1, -0.05) is 12.1 Å². The highest BCUT2D eigenvalue weighted by Crippen LogP contribution is 2.33. The highest BCUT2D eigenvalue weighted by Gasteiger charge is 2.14. The molecule has 3 rings (SSSR count). The lowest BCUT2D eigenvalue weighted by molar-refractivity contribution is 0.351. The molecule has 0 aliphatic carbocycles. The van der Waals surface area contributed by atoms with Gasteiger partial charge in [0.1, 0.15) is 37.1 Å². The van der Waals surface area contributed by atoms with Crippen molar-refractivity contribution in [2.75, 3.05) is 48.0 Å². The third-order valence-corrected chi connectivity index (χ3v) is 6.23. The molecule has 0 radical (unpaired) electrons. The van der Waals surface area contributed by atoms with Gasteiger partial charge in [0.05, 0.1) is 11.4 Å². The smallest absolute Gasteiger partial charge is 0.189 e. The molecule has 0 unspecified atom stereocenters. The van der Waals surface area contributed by atoms with E-state index in [0.717, 1.165) is 39.6 Å². The molecule has 0 spiro atoms. The summed E-state index contributed by atoms with van der Waals surface area (Å²) in [5.74, 6) is 2.25. The summed E-state index contributed by atoms with van der Waals surface area (Å²) in [6.07, 6.45) is 2.13. The molecule has 1 aliphatic rings. The van der Waals surface area contributed by atoms with Gasteiger partial charge >= 0.3 is 0 Å². The van der Waals surface area contributed by atoms with Crippen LogP contribution in [0.2, 0.25) is 0 Å². The van der Waals surface area contributed by atoms with Crippen molar-refractivity contribution in [1.29, 1.82) is 0 Å². The van der Waals surface area contributed by atoms with Crippen molar-refractivity contribution in [3.63, 3.8) is 0 Å². The van der Waals surface area contributed by atoms with E-state index in [1.807, 2.05) is 84.5 Å². The average molecular weight is 555 g/mol. The maximum atomic E-state index is 6.03. The van der Waals surface area contributed by atoms with Crippen molar-refractivity contribution >= 4 is 57.7 Å². The first-order valence-corrected chi connectivity index (χ1v) is 12.8. The van der Waals surface area contributed by atoms with Crippen LogP contribution in [-0.4, -0.2) is 79.5 Å². The van der Waals surface area contributed by atoms with Gasteiger partial charge in [0, 0.05) is 39.8 Å². The molecule has 1 heterocycles. The van der Waals surface area contributed by atoms with Crippen molar-refractivity contribution < 1.29 is 14.2 Å². The van der Waals surface area contributed by atoms with Gasteiger partial charge in [0.25, 0.3) is 0 Å². The molecule has 2 N–H and O–H groups in total. The fourth-order valence-electron chi connectivity index (χ4n) is 3.09. The first-order valence-electron chi connectivity index (χ1n) is 12.0. The Morgan fingerprint density at radius 3 is 1.92 bits per heavy atom. The van der Waals surface area contributed by atoms with Crippen LogP contribution in [0.3, 0.4) is 0 Å². The van der Waals surface area contributed by atoms with Crippen LogP contribution < -0.4 is 25.1 Å². The van der Waals surface area contributed by atoms with Gasteiger partial charge in [-0.15, -0.1) is 0 Å². The van der Waals surface area contributed by atoms with Gasteiger partial charge < -0.3 is 24.0 Å². The van der Waals surface area contributed by atoms with Crippen LogP contribution in [0.15, 0.2) is 52.7 Å². The Hall–Kier alpha value is -3.70. The second-order valence-corrected chi connectivity index (χ2v) is 9.85. The zero-order valence-corrected chi connectivity index (χ0v) is 24.2. The predicted molar refractivity (Wildman–Crippen MR) is 162 cm³/mol. The van der Waals surface area contributed by atoms with E-state index in [1.165, 1.54) is 0 Å². The van der Waals surface area contributed by atoms with Crippen LogP contribution in [0, 0.1) is 0 Å². The van der Waals surface area contributed by atoms with Crippen molar-refractivity contribution in [3.05, 3.63) is 53.6 Å². The Morgan fingerprint density at radius 2 is 1.37 bits per heavy atom. The minimum absolute atomic E-state index is 0.336. The number of benzene rings is 2. The number of hydrogen-bond donors (Lipinski definition) is 2. The number of rotatable bonds is 9. The van der Waals surface area contributed by atoms with Gasteiger partial charge in [-0.3, -0.25) is 10.9 Å². The van der Waals surface area contributed by atoms with Crippen molar-refractivity contribution in [3.8, 4) is 17.2 Å².